The zero-order valence-electron chi connectivity index (χ0n) is 17.7. The minimum Gasteiger partial charge on any atom is -0.378 e. The van der Waals surface area contributed by atoms with Crippen LogP contribution in [0.15, 0.2) is 53.1 Å². The highest BCUT2D eigenvalue weighted by Gasteiger charge is 2.26. The largest absolute Gasteiger partial charge is 0.378 e. The van der Waals surface area contributed by atoms with Crippen molar-refractivity contribution in [1.29, 1.82) is 0 Å². The second-order valence-corrected chi connectivity index (χ2v) is 8.01. The fraction of sp³-hybridized carbons (Fsp3) is 0.348. The predicted molar refractivity (Wildman–Crippen MR) is 118 cm³/mol. The van der Waals surface area contributed by atoms with Gasteiger partial charge in [0.1, 0.15) is 5.82 Å². The molecule has 1 fully saturated rings. The Bertz CT molecular complexity index is 1030. The van der Waals surface area contributed by atoms with Crippen LogP contribution in [0, 0.1) is 5.82 Å². The monoisotopic (exact) mass is 423 g/mol. The molecule has 1 aliphatic rings. The molecule has 4 rings (SSSR count). The third-order valence-electron chi connectivity index (χ3n) is 5.50. The second kappa shape index (κ2) is 9.26. The molecule has 1 N–H and O–H groups in total. The van der Waals surface area contributed by atoms with E-state index in [0.717, 1.165) is 37.3 Å². The first-order valence-corrected chi connectivity index (χ1v) is 10.4. The van der Waals surface area contributed by atoms with Crippen LogP contribution in [0.3, 0.4) is 0 Å². The Hall–Kier alpha value is -3.26. The van der Waals surface area contributed by atoms with Crippen LogP contribution in [0.4, 0.5) is 15.8 Å². The molecular weight excluding hydrogens is 397 g/mol. The quantitative estimate of drug-likeness (QED) is 0.651. The van der Waals surface area contributed by atoms with E-state index in [2.05, 4.69) is 20.4 Å². The van der Waals surface area contributed by atoms with E-state index in [-0.39, 0.29) is 17.6 Å². The van der Waals surface area contributed by atoms with Crippen LogP contribution < -0.4 is 10.2 Å². The molecule has 2 aromatic carbocycles. The minimum absolute atomic E-state index is 0.0257. The van der Waals surface area contributed by atoms with Gasteiger partial charge in [0.15, 0.2) is 0 Å². The molecule has 2 heterocycles. The number of halogens is 1. The highest BCUT2D eigenvalue weighted by Crippen LogP contribution is 2.28. The SMILES string of the molecule is CN(C)c1ccc(NC(=O)CN2CCC(c3nc(-c4cccc(F)c4)no3)CC2)cc1. The van der Waals surface area contributed by atoms with Crippen LogP contribution in [0.5, 0.6) is 0 Å². The first-order chi connectivity index (χ1) is 15.0. The van der Waals surface area contributed by atoms with Crippen molar-refractivity contribution in [3.8, 4) is 11.4 Å². The van der Waals surface area contributed by atoms with Gasteiger partial charge < -0.3 is 14.7 Å². The van der Waals surface area contributed by atoms with Crippen molar-refractivity contribution in [1.82, 2.24) is 15.0 Å². The van der Waals surface area contributed by atoms with Gasteiger partial charge in [-0.25, -0.2) is 4.39 Å². The zero-order valence-corrected chi connectivity index (χ0v) is 17.7. The molecule has 0 aliphatic carbocycles. The maximum absolute atomic E-state index is 13.4. The standard InChI is InChI=1S/C23H26FN5O2/c1-28(2)20-8-6-19(7-9-20)25-21(30)15-29-12-10-16(11-13-29)23-26-22(27-31-23)17-4-3-5-18(24)14-17/h3-9,14,16H,10-13,15H2,1-2H3,(H,25,30). The molecular formula is C23H26FN5O2. The van der Waals surface area contributed by atoms with Gasteiger partial charge in [0.05, 0.1) is 6.54 Å². The summed E-state index contributed by atoms with van der Waals surface area (Å²) in [6, 6.07) is 13.9. The van der Waals surface area contributed by atoms with Crippen molar-refractivity contribution in [2.75, 3.05) is 43.9 Å². The first-order valence-electron chi connectivity index (χ1n) is 10.4. The number of rotatable bonds is 6. The fourth-order valence-corrected chi connectivity index (χ4v) is 3.73. The molecule has 0 spiro atoms. The molecule has 0 atom stereocenters. The number of nitrogens with one attached hydrogen (secondary N) is 1. The molecule has 0 radical (unpaired) electrons. The number of hydrogen-bond donors (Lipinski definition) is 1. The highest BCUT2D eigenvalue weighted by molar-refractivity contribution is 5.92. The van der Waals surface area contributed by atoms with E-state index in [1.807, 2.05) is 43.3 Å². The minimum atomic E-state index is -0.330. The first kappa shape index (κ1) is 21.0. The molecule has 1 saturated heterocycles. The number of piperidine rings is 1. The molecule has 0 saturated carbocycles. The molecule has 1 amide bonds. The van der Waals surface area contributed by atoms with E-state index < -0.39 is 0 Å². The fourth-order valence-electron chi connectivity index (χ4n) is 3.73. The zero-order chi connectivity index (χ0) is 21.8. The predicted octanol–water partition coefficient (Wildman–Crippen LogP) is 3.76. The lowest BCUT2D eigenvalue weighted by molar-refractivity contribution is -0.117. The van der Waals surface area contributed by atoms with Crippen molar-refractivity contribution in [3.05, 3.63) is 60.2 Å². The van der Waals surface area contributed by atoms with Gasteiger partial charge in [-0.1, -0.05) is 17.3 Å². The maximum Gasteiger partial charge on any atom is 0.238 e. The van der Waals surface area contributed by atoms with E-state index in [1.54, 1.807) is 12.1 Å². The molecule has 31 heavy (non-hydrogen) atoms. The molecule has 0 bridgehead atoms. The van der Waals surface area contributed by atoms with E-state index >= 15 is 0 Å². The summed E-state index contributed by atoms with van der Waals surface area (Å²) < 4.78 is 18.9. The summed E-state index contributed by atoms with van der Waals surface area (Å²) in [7, 11) is 3.96. The van der Waals surface area contributed by atoms with Crippen molar-refractivity contribution >= 4 is 17.3 Å². The summed E-state index contributed by atoms with van der Waals surface area (Å²) in [5.41, 5.74) is 2.48. The number of nitrogens with zero attached hydrogens (tertiary/aromatic N) is 4. The molecule has 1 aliphatic heterocycles. The van der Waals surface area contributed by atoms with Crippen molar-refractivity contribution in [2.45, 2.75) is 18.8 Å². The number of hydrogen-bond acceptors (Lipinski definition) is 6. The number of likely N-dealkylation sites (tertiary alicyclic amines) is 1. The van der Waals surface area contributed by atoms with E-state index in [9.17, 15) is 9.18 Å². The van der Waals surface area contributed by atoms with Crippen LogP contribution in [-0.4, -0.2) is 54.7 Å². The number of carbonyl (C=O) groups excluding carboxylic acids is 1. The second-order valence-electron chi connectivity index (χ2n) is 8.01. The van der Waals surface area contributed by atoms with Crippen LogP contribution in [0.25, 0.3) is 11.4 Å². The van der Waals surface area contributed by atoms with E-state index in [4.69, 9.17) is 4.52 Å². The Balaban J connectivity index is 1.27. The normalized spacial score (nSPS) is 15.1. The van der Waals surface area contributed by atoms with Gasteiger partial charge in [0, 0.05) is 37.0 Å². The third-order valence-corrected chi connectivity index (χ3v) is 5.50. The Morgan fingerprint density at radius 1 is 1.19 bits per heavy atom. The topological polar surface area (TPSA) is 74.5 Å². The smallest absolute Gasteiger partial charge is 0.238 e. The summed E-state index contributed by atoms with van der Waals surface area (Å²) in [5.74, 6) is 0.764. The molecule has 7 nitrogen and oxygen atoms in total. The average molecular weight is 423 g/mol. The highest BCUT2D eigenvalue weighted by atomic mass is 19.1. The van der Waals surface area contributed by atoms with Crippen molar-refractivity contribution in [3.63, 3.8) is 0 Å². The van der Waals surface area contributed by atoms with Gasteiger partial charge in [0.2, 0.25) is 17.6 Å². The molecule has 8 heteroatoms. The summed E-state index contributed by atoms with van der Waals surface area (Å²) in [5, 5.41) is 6.95. The van der Waals surface area contributed by atoms with Crippen LogP contribution >= 0.6 is 0 Å². The Kier molecular flexibility index (Phi) is 6.27. The van der Waals surface area contributed by atoms with E-state index in [1.165, 1.54) is 12.1 Å². The number of anilines is 2. The lowest BCUT2D eigenvalue weighted by Gasteiger charge is -2.29. The number of benzene rings is 2. The Labute approximate surface area is 180 Å². The molecule has 162 valence electrons. The van der Waals surface area contributed by atoms with Crippen LogP contribution in [-0.2, 0) is 4.79 Å². The third kappa shape index (κ3) is 5.27. The van der Waals surface area contributed by atoms with Gasteiger partial charge in [-0.3, -0.25) is 9.69 Å². The maximum atomic E-state index is 13.4. The number of carbonyl (C=O) groups is 1. The number of aromatic nitrogens is 2. The molecule has 3 aromatic rings. The van der Waals surface area contributed by atoms with Gasteiger partial charge in [-0.05, 0) is 62.3 Å². The van der Waals surface area contributed by atoms with Crippen molar-refractivity contribution in [2.24, 2.45) is 0 Å². The lowest BCUT2D eigenvalue weighted by atomic mass is 9.97. The van der Waals surface area contributed by atoms with E-state index in [0.29, 0.717) is 23.8 Å². The summed E-state index contributed by atoms with van der Waals surface area (Å²) in [4.78, 5) is 21.0. The van der Waals surface area contributed by atoms with Gasteiger partial charge >= 0.3 is 0 Å². The average Bonchev–Trinajstić information content (AvgIpc) is 3.25. The van der Waals surface area contributed by atoms with Crippen molar-refractivity contribution < 1.29 is 13.7 Å². The molecule has 0 unspecified atom stereocenters. The van der Waals surface area contributed by atoms with Crippen LogP contribution in [0.2, 0.25) is 0 Å². The van der Waals surface area contributed by atoms with Crippen LogP contribution in [0.1, 0.15) is 24.7 Å². The Morgan fingerprint density at radius 3 is 2.61 bits per heavy atom. The summed E-state index contributed by atoms with van der Waals surface area (Å²) >= 11 is 0. The Morgan fingerprint density at radius 2 is 1.94 bits per heavy atom. The molecule has 1 aromatic heterocycles. The van der Waals surface area contributed by atoms with Gasteiger partial charge in [-0.2, -0.15) is 4.98 Å². The summed E-state index contributed by atoms with van der Waals surface area (Å²) in [6.45, 7) is 1.89. The van der Waals surface area contributed by atoms with Gasteiger partial charge in [-0.15, -0.1) is 0 Å². The lowest BCUT2D eigenvalue weighted by Crippen LogP contribution is -2.38. The summed E-state index contributed by atoms with van der Waals surface area (Å²) in [6.07, 6.45) is 1.66. The van der Waals surface area contributed by atoms with Gasteiger partial charge in [0.25, 0.3) is 0 Å². The number of amides is 1.